The molecule has 2 aromatic carbocycles. The number of hydrogen-bond acceptors (Lipinski definition) is 4. The lowest BCUT2D eigenvalue weighted by Crippen LogP contribution is -2.50. The van der Waals surface area contributed by atoms with E-state index < -0.39 is 0 Å². The number of H-pyrrole nitrogens is 1. The minimum atomic E-state index is -0.0356. The van der Waals surface area contributed by atoms with Crippen LogP contribution in [0.1, 0.15) is 24.5 Å². The van der Waals surface area contributed by atoms with Crippen molar-refractivity contribution in [3.05, 3.63) is 65.9 Å². The van der Waals surface area contributed by atoms with Crippen molar-refractivity contribution in [1.82, 2.24) is 20.4 Å². The molecule has 1 saturated heterocycles. The van der Waals surface area contributed by atoms with Crippen molar-refractivity contribution >= 4 is 16.8 Å². The van der Waals surface area contributed by atoms with Crippen LogP contribution in [-0.2, 0) is 21.4 Å². The maximum Gasteiger partial charge on any atom is 0.224 e. The Hall–Kier alpha value is -2.70. The Kier molecular flexibility index (Phi) is 5.50. The van der Waals surface area contributed by atoms with Crippen LogP contribution in [0.15, 0.2) is 54.7 Å². The van der Waals surface area contributed by atoms with Gasteiger partial charge >= 0.3 is 0 Å². The standard InChI is InChI=1S/C25H30N4O2/c1-25(20-5-3-2-4-6-20)15-22(25)24(30)26-17-21(29-9-11-31-12-10-29)14-18-7-8-23-19(13-18)16-27-28-23/h2-8,13,16,21-22H,9-12,14-15,17H2,1H3,(H,26,30)(H,27,28)/t21-,22-,25?/m0/s1. The first-order chi connectivity index (χ1) is 15.1. The maximum atomic E-state index is 13.0. The second kappa shape index (κ2) is 8.44. The Bertz CT molecular complexity index is 1040. The van der Waals surface area contributed by atoms with E-state index >= 15 is 0 Å². The zero-order chi connectivity index (χ0) is 21.3. The Morgan fingerprint density at radius 3 is 2.87 bits per heavy atom. The highest BCUT2D eigenvalue weighted by atomic mass is 16.5. The summed E-state index contributed by atoms with van der Waals surface area (Å²) in [5.74, 6) is 0.234. The summed E-state index contributed by atoms with van der Waals surface area (Å²) in [5, 5.41) is 11.5. The van der Waals surface area contributed by atoms with Crippen LogP contribution in [0.5, 0.6) is 0 Å². The average molecular weight is 419 g/mol. The number of ether oxygens (including phenoxy) is 1. The van der Waals surface area contributed by atoms with Crippen molar-refractivity contribution in [2.45, 2.75) is 31.2 Å². The quantitative estimate of drug-likeness (QED) is 0.619. The molecule has 1 aliphatic carbocycles. The van der Waals surface area contributed by atoms with Gasteiger partial charge in [0.2, 0.25) is 5.91 Å². The molecule has 31 heavy (non-hydrogen) atoms. The Morgan fingerprint density at radius 2 is 2.06 bits per heavy atom. The Balaban J connectivity index is 1.25. The minimum absolute atomic E-state index is 0.0356. The van der Waals surface area contributed by atoms with E-state index in [0.717, 1.165) is 50.0 Å². The number of nitrogens with zero attached hydrogens (tertiary/aromatic N) is 2. The smallest absolute Gasteiger partial charge is 0.224 e. The van der Waals surface area contributed by atoms with Crippen LogP contribution < -0.4 is 5.32 Å². The van der Waals surface area contributed by atoms with E-state index in [9.17, 15) is 4.79 Å². The van der Waals surface area contributed by atoms with Crippen molar-refractivity contribution in [2.75, 3.05) is 32.8 Å². The molecule has 2 aliphatic rings. The molecule has 5 rings (SSSR count). The van der Waals surface area contributed by atoms with Crippen LogP contribution in [0, 0.1) is 5.92 Å². The van der Waals surface area contributed by atoms with E-state index in [1.165, 1.54) is 11.1 Å². The Labute approximate surface area is 183 Å². The summed E-state index contributed by atoms with van der Waals surface area (Å²) in [6.07, 6.45) is 3.67. The SMILES string of the molecule is CC1(c2ccccc2)C[C@H]1C(=O)NC[C@H](Cc1ccc2[nH]ncc2c1)N1CCOCC1. The second-order valence-corrected chi connectivity index (χ2v) is 9.08. The molecular formula is C25H30N4O2. The molecule has 162 valence electrons. The van der Waals surface area contributed by atoms with Gasteiger partial charge in [0.15, 0.2) is 0 Å². The number of hydrogen-bond donors (Lipinski definition) is 2. The highest BCUT2D eigenvalue weighted by Crippen LogP contribution is 2.53. The summed E-state index contributed by atoms with van der Waals surface area (Å²) in [6, 6.07) is 17.1. The number of morpholine rings is 1. The average Bonchev–Trinajstić information content (AvgIpc) is 3.30. The third-order valence-electron chi connectivity index (χ3n) is 7.04. The molecule has 2 fully saturated rings. The Morgan fingerprint density at radius 1 is 1.26 bits per heavy atom. The van der Waals surface area contributed by atoms with Crippen molar-refractivity contribution in [3.8, 4) is 0 Å². The summed E-state index contributed by atoms with van der Waals surface area (Å²) in [5.41, 5.74) is 3.54. The molecule has 3 atom stereocenters. The highest BCUT2D eigenvalue weighted by molar-refractivity contribution is 5.84. The lowest BCUT2D eigenvalue weighted by Gasteiger charge is -2.35. The fraction of sp³-hybridized carbons (Fsp3) is 0.440. The molecule has 0 spiro atoms. The normalized spacial score (nSPS) is 24.7. The van der Waals surface area contributed by atoms with E-state index in [4.69, 9.17) is 4.74 Å². The molecule has 6 nitrogen and oxygen atoms in total. The second-order valence-electron chi connectivity index (χ2n) is 9.08. The van der Waals surface area contributed by atoms with Crippen LogP contribution >= 0.6 is 0 Å². The largest absolute Gasteiger partial charge is 0.379 e. The van der Waals surface area contributed by atoms with Crippen LogP contribution in [0.3, 0.4) is 0 Å². The van der Waals surface area contributed by atoms with Gasteiger partial charge in [0.1, 0.15) is 0 Å². The fourth-order valence-electron chi connectivity index (χ4n) is 4.89. The molecule has 3 aromatic rings. The van der Waals surface area contributed by atoms with Crippen LogP contribution in [-0.4, -0.2) is 59.9 Å². The molecule has 1 amide bonds. The molecule has 0 radical (unpaired) electrons. The van der Waals surface area contributed by atoms with E-state index in [2.05, 4.69) is 69.8 Å². The summed E-state index contributed by atoms with van der Waals surface area (Å²) in [4.78, 5) is 15.5. The lowest BCUT2D eigenvalue weighted by molar-refractivity contribution is -0.123. The van der Waals surface area contributed by atoms with Gasteiger partial charge in [-0.1, -0.05) is 43.3 Å². The molecule has 0 bridgehead atoms. The van der Waals surface area contributed by atoms with Crippen LogP contribution in [0.25, 0.3) is 10.9 Å². The van der Waals surface area contributed by atoms with Crippen molar-refractivity contribution in [3.63, 3.8) is 0 Å². The molecule has 1 aliphatic heterocycles. The fourth-order valence-corrected chi connectivity index (χ4v) is 4.89. The van der Waals surface area contributed by atoms with Gasteiger partial charge < -0.3 is 10.1 Å². The number of carbonyl (C=O) groups is 1. The number of rotatable bonds is 7. The van der Waals surface area contributed by atoms with Gasteiger partial charge in [-0.3, -0.25) is 14.8 Å². The van der Waals surface area contributed by atoms with Crippen LogP contribution in [0.4, 0.5) is 0 Å². The molecule has 6 heteroatoms. The predicted octanol–water partition coefficient (Wildman–Crippen LogP) is 2.90. The summed E-state index contributed by atoms with van der Waals surface area (Å²) in [7, 11) is 0. The minimum Gasteiger partial charge on any atom is -0.379 e. The third kappa shape index (κ3) is 4.23. The topological polar surface area (TPSA) is 70.2 Å². The van der Waals surface area contributed by atoms with Gasteiger partial charge in [-0.15, -0.1) is 0 Å². The first-order valence-electron chi connectivity index (χ1n) is 11.2. The van der Waals surface area contributed by atoms with Crippen LogP contribution in [0.2, 0.25) is 0 Å². The van der Waals surface area contributed by atoms with Gasteiger partial charge in [-0.25, -0.2) is 0 Å². The number of aromatic nitrogens is 2. The number of benzene rings is 2. The van der Waals surface area contributed by atoms with Gasteiger partial charge in [0, 0.05) is 42.4 Å². The third-order valence-corrected chi connectivity index (χ3v) is 7.04. The van der Waals surface area contributed by atoms with E-state index in [0.29, 0.717) is 6.54 Å². The van der Waals surface area contributed by atoms with Crippen molar-refractivity contribution in [2.24, 2.45) is 5.92 Å². The van der Waals surface area contributed by atoms with E-state index in [1.54, 1.807) is 0 Å². The zero-order valence-corrected chi connectivity index (χ0v) is 18.0. The first kappa shape index (κ1) is 20.2. The summed E-state index contributed by atoms with van der Waals surface area (Å²) >= 11 is 0. The van der Waals surface area contributed by atoms with E-state index in [1.807, 2.05) is 12.3 Å². The van der Waals surface area contributed by atoms with Gasteiger partial charge in [-0.2, -0.15) is 5.10 Å². The molecule has 1 aromatic heterocycles. The molecule has 2 N–H and O–H groups in total. The molecular weight excluding hydrogens is 388 g/mol. The summed E-state index contributed by atoms with van der Waals surface area (Å²) in [6.45, 7) is 6.16. The first-order valence-corrected chi connectivity index (χ1v) is 11.2. The zero-order valence-electron chi connectivity index (χ0n) is 18.0. The molecule has 2 heterocycles. The summed E-state index contributed by atoms with van der Waals surface area (Å²) < 4.78 is 5.56. The monoisotopic (exact) mass is 418 g/mol. The van der Waals surface area contributed by atoms with Gasteiger partial charge in [0.05, 0.1) is 24.9 Å². The maximum absolute atomic E-state index is 13.0. The van der Waals surface area contributed by atoms with Gasteiger partial charge in [0.25, 0.3) is 0 Å². The number of nitrogens with one attached hydrogen (secondary N) is 2. The van der Waals surface area contributed by atoms with Crippen molar-refractivity contribution < 1.29 is 9.53 Å². The predicted molar refractivity (Wildman–Crippen MR) is 121 cm³/mol. The molecule has 1 unspecified atom stereocenters. The highest BCUT2D eigenvalue weighted by Gasteiger charge is 2.55. The van der Waals surface area contributed by atoms with Crippen molar-refractivity contribution in [1.29, 1.82) is 0 Å². The number of aromatic amines is 1. The number of amides is 1. The number of carbonyl (C=O) groups excluding carboxylic acids is 1. The number of fused-ring (bicyclic) bond motifs is 1. The lowest BCUT2D eigenvalue weighted by atomic mass is 9.95. The molecule has 1 saturated carbocycles. The van der Waals surface area contributed by atoms with E-state index in [-0.39, 0.29) is 23.3 Å². The van der Waals surface area contributed by atoms with Gasteiger partial charge in [-0.05, 0) is 36.1 Å².